The third kappa shape index (κ3) is 3.81. The number of carbonyl (C=O) groups is 2. The Labute approximate surface area is 197 Å². The third-order valence-corrected chi connectivity index (χ3v) is 6.84. The van der Waals surface area contributed by atoms with Crippen LogP contribution >= 0.6 is 12.4 Å². The zero-order valence-corrected chi connectivity index (χ0v) is 18.8. The van der Waals surface area contributed by atoms with Gasteiger partial charge in [0.1, 0.15) is 11.9 Å². The number of rotatable bonds is 5. The number of hydrogen-bond acceptors (Lipinski definition) is 5. The number of benzene rings is 2. The second-order valence-corrected chi connectivity index (χ2v) is 8.65. The van der Waals surface area contributed by atoms with Gasteiger partial charge < -0.3 is 15.4 Å². The molecule has 33 heavy (non-hydrogen) atoms. The molecule has 0 aromatic heterocycles. The molecule has 2 saturated heterocycles. The van der Waals surface area contributed by atoms with Crippen molar-refractivity contribution in [1.82, 2.24) is 10.6 Å². The fourth-order valence-corrected chi connectivity index (χ4v) is 5.13. The van der Waals surface area contributed by atoms with Gasteiger partial charge in [-0.15, -0.1) is 12.4 Å². The van der Waals surface area contributed by atoms with Crippen molar-refractivity contribution in [3.8, 4) is 17.2 Å². The topological polar surface area (TPSA) is 94.5 Å². The van der Waals surface area contributed by atoms with Gasteiger partial charge in [0.2, 0.25) is 5.91 Å². The number of anilines is 1. The Balaban J connectivity index is 0.00000259. The SMILES string of the molecule is CC(=O)NC[C@H]1CN(c2ccc(-c3ccc(C4(C#N)[C@@H]5CNC[C@@H]54)c(F)c3)cc2)C(=O)O1.Cl. The highest BCUT2D eigenvalue weighted by Crippen LogP contribution is 2.61. The Morgan fingerprint density at radius 1 is 1.24 bits per heavy atom. The van der Waals surface area contributed by atoms with Crippen molar-refractivity contribution in [2.45, 2.75) is 18.4 Å². The molecular formula is C24H24ClFN4O3. The molecule has 2 amide bonds. The minimum Gasteiger partial charge on any atom is -0.442 e. The van der Waals surface area contributed by atoms with Crippen LogP contribution in [0.1, 0.15) is 12.5 Å². The van der Waals surface area contributed by atoms with E-state index in [4.69, 9.17) is 4.74 Å². The van der Waals surface area contributed by atoms with Gasteiger partial charge >= 0.3 is 6.09 Å². The Hall–Kier alpha value is -3.15. The van der Waals surface area contributed by atoms with Crippen molar-refractivity contribution in [2.24, 2.45) is 11.8 Å². The average molecular weight is 471 g/mol. The molecule has 4 atom stereocenters. The van der Waals surface area contributed by atoms with Gasteiger partial charge in [0, 0.05) is 43.1 Å². The molecule has 1 saturated carbocycles. The summed E-state index contributed by atoms with van der Waals surface area (Å²) in [4.78, 5) is 24.8. The fraction of sp³-hybridized carbons (Fsp3) is 0.375. The summed E-state index contributed by atoms with van der Waals surface area (Å²) in [7, 11) is 0. The lowest BCUT2D eigenvalue weighted by Crippen LogP contribution is -2.33. The minimum atomic E-state index is -0.707. The van der Waals surface area contributed by atoms with Gasteiger partial charge in [-0.3, -0.25) is 9.69 Å². The number of amides is 2. The molecule has 1 aliphatic carbocycles. The van der Waals surface area contributed by atoms with E-state index in [1.54, 1.807) is 18.2 Å². The predicted octanol–water partition coefficient (Wildman–Crippen LogP) is 2.99. The van der Waals surface area contributed by atoms with Crippen LogP contribution in [0.2, 0.25) is 0 Å². The van der Waals surface area contributed by atoms with Crippen LogP contribution in [0, 0.1) is 29.0 Å². The van der Waals surface area contributed by atoms with Gasteiger partial charge in [-0.1, -0.05) is 24.3 Å². The molecule has 2 N–H and O–H groups in total. The highest BCUT2D eigenvalue weighted by Gasteiger charge is 2.68. The number of nitrogens with one attached hydrogen (secondary N) is 2. The number of nitrogens with zero attached hydrogens (tertiary/aromatic N) is 2. The monoisotopic (exact) mass is 470 g/mol. The molecule has 9 heteroatoms. The first kappa shape index (κ1) is 23.0. The van der Waals surface area contributed by atoms with Crippen LogP contribution in [0.3, 0.4) is 0 Å². The lowest BCUT2D eigenvalue weighted by Gasteiger charge is -2.16. The van der Waals surface area contributed by atoms with Gasteiger partial charge in [-0.05, 0) is 29.3 Å². The Kier molecular flexibility index (Phi) is 6.04. The number of fused-ring (bicyclic) bond motifs is 1. The summed E-state index contributed by atoms with van der Waals surface area (Å²) in [5, 5.41) is 15.7. The lowest BCUT2D eigenvalue weighted by atomic mass is 9.90. The van der Waals surface area contributed by atoms with E-state index in [1.165, 1.54) is 17.9 Å². The highest BCUT2D eigenvalue weighted by atomic mass is 35.5. The van der Waals surface area contributed by atoms with Crippen molar-refractivity contribution in [3.05, 3.63) is 53.8 Å². The summed E-state index contributed by atoms with van der Waals surface area (Å²) in [6, 6.07) is 14.7. The van der Waals surface area contributed by atoms with E-state index in [-0.39, 0.29) is 42.5 Å². The molecule has 172 valence electrons. The Morgan fingerprint density at radius 2 is 1.91 bits per heavy atom. The zero-order valence-electron chi connectivity index (χ0n) is 18.0. The maximum Gasteiger partial charge on any atom is 0.414 e. The number of hydrogen-bond donors (Lipinski definition) is 2. The van der Waals surface area contributed by atoms with Crippen LogP contribution in [0.15, 0.2) is 42.5 Å². The molecule has 2 aromatic rings. The number of ether oxygens (including phenoxy) is 1. The molecule has 2 aromatic carbocycles. The predicted molar refractivity (Wildman–Crippen MR) is 123 cm³/mol. The Morgan fingerprint density at radius 3 is 2.52 bits per heavy atom. The second kappa shape index (κ2) is 8.65. The number of carbonyl (C=O) groups excluding carboxylic acids is 2. The van der Waals surface area contributed by atoms with Gasteiger partial charge in [0.15, 0.2) is 0 Å². The number of halogens is 2. The average Bonchev–Trinajstić information content (AvgIpc) is 3.11. The van der Waals surface area contributed by atoms with Gasteiger partial charge in [-0.25, -0.2) is 9.18 Å². The van der Waals surface area contributed by atoms with E-state index in [2.05, 4.69) is 16.7 Å². The largest absolute Gasteiger partial charge is 0.442 e. The van der Waals surface area contributed by atoms with Crippen LogP contribution in [0.4, 0.5) is 14.9 Å². The summed E-state index contributed by atoms with van der Waals surface area (Å²) >= 11 is 0. The van der Waals surface area contributed by atoms with Crippen molar-refractivity contribution in [3.63, 3.8) is 0 Å². The molecule has 0 spiro atoms. The van der Waals surface area contributed by atoms with Crippen molar-refractivity contribution >= 4 is 30.1 Å². The van der Waals surface area contributed by atoms with Crippen molar-refractivity contribution in [1.29, 1.82) is 5.26 Å². The van der Waals surface area contributed by atoms with Crippen LogP contribution in [0.5, 0.6) is 0 Å². The number of piperidine rings is 1. The Bertz CT molecular complexity index is 1120. The summed E-state index contributed by atoms with van der Waals surface area (Å²) in [6.45, 7) is 3.53. The number of nitriles is 1. The van der Waals surface area contributed by atoms with Crippen LogP contribution in [0.25, 0.3) is 11.1 Å². The standard InChI is InChI=1S/C24H23FN4O3.ClH/c1-14(30)28-9-18-12-29(23(31)32-18)17-5-2-15(3-6-17)16-4-7-19(22(25)8-16)24(13-26)20-10-27-11-21(20)24;/h2-8,18,20-21,27H,9-12H2,1H3,(H,28,30);1H/t18-,20-,21+,24?;/m0./s1. The molecule has 7 nitrogen and oxygen atoms in total. The van der Waals surface area contributed by atoms with Crippen LogP contribution in [-0.4, -0.2) is 44.3 Å². The normalized spacial score (nSPS) is 27.2. The van der Waals surface area contributed by atoms with Crippen molar-refractivity contribution in [2.75, 3.05) is 31.1 Å². The van der Waals surface area contributed by atoms with Crippen LogP contribution < -0.4 is 15.5 Å². The molecule has 5 rings (SSSR count). The van der Waals surface area contributed by atoms with E-state index in [1.807, 2.05) is 18.2 Å². The summed E-state index contributed by atoms with van der Waals surface area (Å²) in [6.07, 6.45) is -0.868. The van der Waals surface area contributed by atoms with E-state index < -0.39 is 17.6 Å². The van der Waals surface area contributed by atoms with Crippen molar-refractivity contribution < 1.29 is 18.7 Å². The first-order chi connectivity index (χ1) is 15.4. The summed E-state index contributed by atoms with van der Waals surface area (Å²) < 4.78 is 20.3. The molecule has 0 radical (unpaired) electrons. The van der Waals surface area contributed by atoms with E-state index in [9.17, 15) is 14.9 Å². The van der Waals surface area contributed by atoms with Crippen LogP contribution in [-0.2, 0) is 14.9 Å². The van der Waals surface area contributed by atoms with E-state index in [0.29, 0.717) is 23.4 Å². The van der Waals surface area contributed by atoms with Gasteiger partial charge in [0.25, 0.3) is 0 Å². The maximum atomic E-state index is 15.0. The van der Waals surface area contributed by atoms with Gasteiger partial charge in [-0.2, -0.15) is 5.26 Å². The molecule has 2 aliphatic heterocycles. The maximum absolute atomic E-state index is 15.0. The third-order valence-electron chi connectivity index (χ3n) is 6.84. The second-order valence-electron chi connectivity index (χ2n) is 8.65. The smallest absolute Gasteiger partial charge is 0.414 e. The first-order valence-corrected chi connectivity index (χ1v) is 10.7. The molecule has 0 bridgehead atoms. The number of cyclic esters (lactones) is 1. The van der Waals surface area contributed by atoms with E-state index >= 15 is 4.39 Å². The molecule has 1 unspecified atom stereocenters. The highest BCUT2D eigenvalue weighted by molar-refractivity contribution is 5.90. The lowest BCUT2D eigenvalue weighted by molar-refractivity contribution is -0.119. The van der Waals surface area contributed by atoms with Gasteiger partial charge in [0.05, 0.1) is 24.6 Å². The molecular weight excluding hydrogens is 447 g/mol. The summed E-state index contributed by atoms with van der Waals surface area (Å²) in [5.41, 5.74) is 1.97. The minimum absolute atomic E-state index is 0. The van der Waals surface area contributed by atoms with E-state index in [0.717, 1.165) is 18.7 Å². The first-order valence-electron chi connectivity index (χ1n) is 10.7. The molecule has 2 heterocycles. The molecule has 3 aliphatic rings. The summed E-state index contributed by atoms with van der Waals surface area (Å²) in [5.74, 6) is -0.167. The quantitative estimate of drug-likeness (QED) is 0.700. The zero-order chi connectivity index (χ0) is 22.5. The fourth-order valence-electron chi connectivity index (χ4n) is 5.13. The molecule has 3 fully saturated rings.